The maximum absolute atomic E-state index is 12.8. The lowest BCUT2D eigenvalue weighted by molar-refractivity contribution is -0.208. The second-order valence-corrected chi connectivity index (χ2v) is 4.32. The van der Waals surface area contributed by atoms with Gasteiger partial charge in [0.1, 0.15) is 6.42 Å². The number of phosphoric acid groups is 1. The zero-order valence-corrected chi connectivity index (χ0v) is 7.89. The highest BCUT2D eigenvalue weighted by molar-refractivity contribution is 7.47. The van der Waals surface area contributed by atoms with Crippen LogP contribution in [-0.4, -0.2) is 29.7 Å². The predicted octanol–water partition coefficient (Wildman–Crippen LogP) is 2.09. The van der Waals surface area contributed by atoms with Gasteiger partial charge in [-0.1, -0.05) is 0 Å². The summed E-state index contributed by atoms with van der Waals surface area (Å²) in [6.45, 7) is -1.04. The van der Waals surface area contributed by atoms with Crippen molar-refractivity contribution in [3.8, 4) is 0 Å². The molecule has 1 fully saturated rings. The van der Waals surface area contributed by atoms with Gasteiger partial charge in [0.05, 0.1) is 6.61 Å². The highest BCUT2D eigenvalue weighted by Crippen LogP contribution is 2.53. The summed E-state index contributed by atoms with van der Waals surface area (Å²) in [7, 11) is -4.61. The minimum Gasteiger partial charge on any atom is -0.302 e. The van der Waals surface area contributed by atoms with Crippen LogP contribution in [0.1, 0.15) is 6.42 Å². The number of hydrogen-bond donors (Lipinski definition) is 1. The summed E-state index contributed by atoms with van der Waals surface area (Å²) in [5, 5.41) is 0. The Morgan fingerprint density at radius 1 is 1.33 bits per heavy atom. The second-order valence-electron chi connectivity index (χ2n) is 2.91. The van der Waals surface area contributed by atoms with Crippen LogP contribution in [0.2, 0.25) is 0 Å². The first kappa shape index (κ1) is 12.8. The molecule has 0 saturated carbocycles. The molecule has 1 saturated heterocycles. The summed E-state index contributed by atoms with van der Waals surface area (Å²) in [6.07, 6.45) is -9.86. The summed E-state index contributed by atoms with van der Waals surface area (Å²) >= 11 is 0. The Kier molecular flexibility index (Phi) is 3.13. The maximum atomic E-state index is 12.8. The third-order valence-corrected chi connectivity index (χ3v) is 2.55. The van der Waals surface area contributed by atoms with Crippen LogP contribution < -0.4 is 0 Å². The number of rotatable bonds is 2. The first-order valence-corrected chi connectivity index (χ1v) is 5.12. The molecule has 1 rings (SSSR count). The number of hydrogen-bond acceptors (Lipinski definition) is 3. The number of alkyl halides is 5. The van der Waals surface area contributed by atoms with Gasteiger partial charge in [-0.25, -0.2) is 13.3 Å². The summed E-state index contributed by atoms with van der Waals surface area (Å²) < 4.78 is 78.9. The molecule has 2 atom stereocenters. The van der Waals surface area contributed by atoms with Crippen molar-refractivity contribution in [1.29, 1.82) is 0 Å². The van der Waals surface area contributed by atoms with Crippen molar-refractivity contribution >= 4 is 7.82 Å². The van der Waals surface area contributed by atoms with Crippen LogP contribution in [-0.2, 0) is 13.6 Å². The van der Waals surface area contributed by atoms with Crippen molar-refractivity contribution < 1.29 is 40.5 Å². The molecule has 1 aliphatic heterocycles. The minimum absolute atomic E-state index is 1.04. The average Bonchev–Trinajstić information content (AvgIpc) is 2.25. The minimum atomic E-state index is -5.09. The van der Waals surface area contributed by atoms with Crippen molar-refractivity contribution in [2.45, 2.75) is 24.6 Å². The summed E-state index contributed by atoms with van der Waals surface area (Å²) in [6, 6.07) is 0. The lowest BCUT2D eigenvalue weighted by Gasteiger charge is -2.21. The Labute approximate surface area is 80.6 Å². The Balaban J connectivity index is 2.67. The Hall–Kier alpha value is -0.240. The molecule has 90 valence electrons. The van der Waals surface area contributed by atoms with Crippen molar-refractivity contribution in [1.82, 2.24) is 0 Å². The number of halogens is 5. The normalized spacial score (nSPS) is 33.3. The third kappa shape index (κ3) is 3.67. The topological polar surface area (TPSA) is 55.8 Å². The molecule has 4 nitrogen and oxygen atoms in total. The average molecular weight is 256 g/mol. The SMILES string of the molecule is O=P1(O)OCC(C(F)(F)CC(F)(F)F)O1. The van der Waals surface area contributed by atoms with Crippen LogP contribution in [0.5, 0.6) is 0 Å². The van der Waals surface area contributed by atoms with Crippen molar-refractivity contribution in [3.05, 3.63) is 0 Å². The summed E-state index contributed by atoms with van der Waals surface area (Å²) in [4.78, 5) is 8.52. The predicted molar refractivity (Wildman–Crippen MR) is 36.3 cm³/mol. The number of phosphoric ester groups is 1. The standard InChI is InChI=1S/C5H6F5O4P/c6-4(7,2-5(8,9)10)3-1-13-15(11,12)14-3/h3H,1-2H2,(H,11,12). The molecule has 0 radical (unpaired) electrons. The first-order chi connectivity index (χ1) is 6.52. The molecule has 0 aromatic rings. The van der Waals surface area contributed by atoms with Gasteiger partial charge in [-0.15, -0.1) is 0 Å². The van der Waals surface area contributed by atoms with Gasteiger partial charge in [0.2, 0.25) is 0 Å². The molecule has 15 heavy (non-hydrogen) atoms. The van der Waals surface area contributed by atoms with E-state index in [4.69, 9.17) is 4.89 Å². The summed E-state index contributed by atoms with van der Waals surface area (Å²) in [5.41, 5.74) is 0. The van der Waals surface area contributed by atoms with Crippen LogP contribution in [0.15, 0.2) is 0 Å². The van der Waals surface area contributed by atoms with Crippen molar-refractivity contribution in [2.75, 3.05) is 6.61 Å². The third-order valence-electron chi connectivity index (χ3n) is 1.56. The van der Waals surface area contributed by atoms with Crippen molar-refractivity contribution in [3.63, 3.8) is 0 Å². The van der Waals surface area contributed by atoms with E-state index in [2.05, 4.69) is 9.05 Å². The van der Waals surface area contributed by atoms with Gasteiger partial charge in [-0.05, 0) is 0 Å². The molecule has 10 heteroatoms. The Bertz CT molecular complexity index is 290. The van der Waals surface area contributed by atoms with Gasteiger partial charge in [0.15, 0.2) is 6.10 Å². The Morgan fingerprint density at radius 3 is 2.20 bits per heavy atom. The van der Waals surface area contributed by atoms with E-state index in [0.29, 0.717) is 0 Å². The maximum Gasteiger partial charge on any atom is 0.472 e. The molecule has 1 N–H and O–H groups in total. The summed E-state index contributed by atoms with van der Waals surface area (Å²) in [5.74, 6) is -4.28. The van der Waals surface area contributed by atoms with E-state index in [9.17, 15) is 26.5 Å². The molecule has 0 spiro atoms. The van der Waals surface area contributed by atoms with E-state index in [1.165, 1.54) is 0 Å². The monoisotopic (exact) mass is 256 g/mol. The molecule has 1 aliphatic rings. The molecule has 0 bridgehead atoms. The molecule has 2 unspecified atom stereocenters. The highest BCUT2D eigenvalue weighted by atomic mass is 31.2. The molecule has 0 aromatic heterocycles. The fourth-order valence-electron chi connectivity index (χ4n) is 0.964. The van der Waals surface area contributed by atoms with E-state index in [1.54, 1.807) is 0 Å². The lowest BCUT2D eigenvalue weighted by Crippen LogP contribution is -2.39. The van der Waals surface area contributed by atoms with E-state index in [1.807, 2.05) is 0 Å². The van der Waals surface area contributed by atoms with Crippen LogP contribution in [0.3, 0.4) is 0 Å². The van der Waals surface area contributed by atoms with Crippen LogP contribution >= 0.6 is 7.82 Å². The van der Waals surface area contributed by atoms with Crippen LogP contribution in [0, 0.1) is 0 Å². The van der Waals surface area contributed by atoms with Gasteiger partial charge < -0.3 is 4.89 Å². The van der Waals surface area contributed by atoms with E-state index in [0.717, 1.165) is 0 Å². The molecule has 0 aromatic carbocycles. The first-order valence-electron chi connectivity index (χ1n) is 3.62. The zero-order valence-electron chi connectivity index (χ0n) is 7.00. The smallest absolute Gasteiger partial charge is 0.302 e. The van der Waals surface area contributed by atoms with E-state index in [-0.39, 0.29) is 0 Å². The molecule has 1 heterocycles. The van der Waals surface area contributed by atoms with E-state index >= 15 is 0 Å². The van der Waals surface area contributed by atoms with Crippen LogP contribution in [0.25, 0.3) is 0 Å². The Morgan fingerprint density at radius 2 is 1.87 bits per heavy atom. The fraction of sp³-hybridized carbons (Fsp3) is 1.00. The second kappa shape index (κ2) is 3.65. The molecule has 0 amide bonds. The molecular weight excluding hydrogens is 250 g/mol. The highest BCUT2D eigenvalue weighted by Gasteiger charge is 2.55. The molecular formula is C5H6F5O4P. The largest absolute Gasteiger partial charge is 0.472 e. The van der Waals surface area contributed by atoms with E-state index < -0.39 is 39.1 Å². The van der Waals surface area contributed by atoms with Gasteiger partial charge in [-0.2, -0.15) is 13.2 Å². The quantitative estimate of drug-likeness (QED) is 0.607. The van der Waals surface area contributed by atoms with Gasteiger partial charge in [0.25, 0.3) is 5.92 Å². The van der Waals surface area contributed by atoms with Gasteiger partial charge >= 0.3 is 14.0 Å². The molecule has 0 aliphatic carbocycles. The van der Waals surface area contributed by atoms with Gasteiger partial charge in [-0.3, -0.25) is 9.05 Å². The van der Waals surface area contributed by atoms with Crippen molar-refractivity contribution in [2.24, 2.45) is 0 Å². The van der Waals surface area contributed by atoms with Crippen LogP contribution in [0.4, 0.5) is 22.0 Å². The zero-order chi connectivity index (χ0) is 11.9. The lowest BCUT2D eigenvalue weighted by atomic mass is 10.1. The fourth-order valence-corrected chi connectivity index (χ4v) is 1.88. The van der Waals surface area contributed by atoms with Gasteiger partial charge in [0, 0.05) is 0 Å².